The molecule has 1 aromatic heterocycles. The normalized spacial score (nSPS) is 10.0. The van der Waals surface area contributed by atoms with E-state index in [4.69, 9.17) is 5.26 Å². The third-order valence-corrected chi connectivity index (χ3v) is 2.85. The second-order valence-corrected chi connectivity index (χ2v) is 4.16. The minimum atomic E-state index is -0.280. The number of anilines is 2. The smallest absolute Gasteiger partial charge is 0.151 e. The zero-order chi connectivity index (χ0) is 13.8. The van der Waals surface area contributed by atoms with Crippen LogP contribution in [0, 0.1) is 24.1 Å². The monoisotopic (exact) mass is 255 g/mol. The van der Waals surface area contributed by atoms with Crippen LogP contribution in [0.3, 0.4) is 0 Å². The molecular formula is C15H14FN3. The van der Waals surface area contributed by atoms with Gasteiger partial charge in [-0.15, -0.1) is 0 Å². The van der Waals surface area contributed by atoms with Crippen LogP contribution in [0.5, 0.6) is 0 Å². The fourth-order valence-corrected chi connectivity index (χ4v) is 1.91. The number of hydrogen-bond acceptors (Lipinski definition) is 3. The first-order chi connectivity index (χ1) is 9.15. The molecule has 19 heavy (non-hydrogen) atoms. The predicted molar refractivity (Wildman–Crippen MR) is 72.8 cm³/mol. The lowest BCUT2D eigenvalue weighted by Gasteiger charge is -2.23. The molecule has 0 saturated carbocycles. The molecule has 0 aliphatic heterocycles. The van der Waals surface area contributed by atoms with E-state index in [2.05, 4.69) is 11.1 Å². The highest BCUT2D eigenvalue weighted by Crippen LogP contribution is 2.26. The maximum Gasteiger partial charge on any atom is 0.151 e. The fourth-order valence-electron chi connectivity index (χ4n) is 1.91. The van der Waals surface area contributed by atoms with Crippen LogP contribution in [-0.2, 0) is 0 Å². The van der Waals surface area contributed by atoms with Gasteiger partial charge in [0, 0.05) is 17.9 Å². The third kappa shape index (κ3) is 2.71. The van der Waals surface area contributed by atoms with Gasteiger partial charge in [0.25, 0.3) is 0 Å². The maximum atomic E-state index is 13.0. The Labute approximate surface area is 111 Å². The first-order valence-corrected chi connectivity index (χ1v) is 6.06. The van der Waals surface area contributed by atoms with Crippen LogP contribution in [0.15, 0.2) is 36.4 Å². The summed E-state index contributed by atoms with van der Waals surface area (Å²) in [5, 5.41) is 9.17. The molecule has 0 saturated heterocycles. The van der Waals surface area contributed by atoms with E-state index >= 15 is 0 Å². The van der Waals surface area contributed by atoms with Gasteiger partial charge in [0.05, 0.1) is 5.56 Å². The largest absolute Gasteiger partial charge is 0.326 e. The number of halogens is 1. The number of nitriles is 1. The number of aromatic nitrogens is 1. The molecule has 2 aromatic rings. The summed E-state index contributed by atoms with van der Waals surface area (Å²) in [4.78, 5) is 6.32. The van der Waals surface area contributed by atoms with E-state index in [9.17, 15) is 4.39 Å². The molecule has 3 nitrogen and oxygen atoms in total. The number of benzene rings is 1. The molecule has 0 unspecified atom stereocenters. The van der Waals surface area contributed by atoms with E-state index in [0.29, 0.717) is 17.9 Å². The topological polar surface area (TPSA) is 39.9 Å². The molecule has 1 heterocycles. The molecular weight excluding hydrogens is 241 g/mol. The van der Waals surface area contributed by atoms with Crippen molar-refractivity contribution in [3.05, 3.63) is 53.5 Å². The van der Waals surface area contributed by atoms with Crippen LogP contribution in [-0.4, -0.2) is 11.5 Å². The molecule has 0 spiro atoms. The average molecular weight is 255 g/mol. The van der Waals surface area contributed by atoms with Gasteiger partial charge in [-0.3, -0.25) is 0 Å². The van der Waals surface area contributed by atoms with Crippen molar-refractivity contribution in [2.24, 2.45) is 0 Å². The molecule has 0 amide bonds. The number of nitrogens with zero attached hydrogens (tertiary/aromatic N) is 3. The number of hydrogen-bond donors (Lipinski definition) is 0. The Hall–Kier alpha value is -2.41. The van der Waals surface area contributed by atoms with Gasteiger partial charge >= 0.3 is 0 Å². The number of rotatable bonds is 3. The zero-order valence-corrected chi connectivity index (χ0v) is 10.9. The Morgan fingerprint density at radius 1 is 1.21 bits per heavy atom. The Balaban J connectivity index is 2.51. The van der Waals surface area contributed by atoms with Crippen molar-refractivity contribution in [2.45, 2.75) is 13.8 Å². The molecule has 96 valence electrons. The fraction of sp³-hybridized carbons (Fsp3) is 0.200. The highest BCUT2D eigenvalue weighted by atomic mass is 19.1. The van der Waals surface area contributed by atoms with E-state index in [1.54, 1.807) is 24.3 Å². The van der Waals surface area contributed by atoms with Gasteiger partial charge in [0.2, 0.25) is 0 Å². The summed E-state index contributed by atoms with van der Waals surface area (Å²) in [6.07, 6.45) is 0. The van der Waals surface area contributed by atoms with Gasteiger partial charge in [-0.1, -0.05) is 0 Å². The molecule has 0 radical (unpaired) electrons. The van der Waals surface area contributed by atoms with Crippen molar-refractivity contribution in [3.8, 4) is 6.07 Å². The Kier molecular flexibility index (Phi) is 3.76. The summed E-state index contributed by atoms with van der Waals surface area (Å²) in [5.74, 6) is 0.328. The highest BCUT2D eigenvalue weighted by Gasteiger charge is 2.13. The average Bonchev–Trinajstić information content (AvgIpc) is 2.42. The minimum absolute atomic E-state index is 0.280. The number of pyridine rings is 1. The Bertz CT molecular complexity index is 614. The molecule has 0 aliphatic carbocycles. The zero-order valence-electron chi connectivity index (χ0n) is 10.9. The quantitative estimate of drug-likeness (QED) is 0.841. The van der Waals surface area contributed by atoms with Crippen molar-refractivity contribution in [3.63, 3.8) is 0 Å². The SMILES string of the molecule is CCN(c1ccc(F)cc1)c1nc(C)ccc1C#N. The minimum Gasteiger partial charge on any atom is -0.326 e. The first kappa shape index (κ1) is 13.0. The van der Waals surface area contributed by atoms with Crippen LogP contribution in [0.4, 0.5) is 15.9 Å². The van der Waals surface area contributed by atoms with Gasteiger partial charge in [-0.2, -0.15) is 5.26 Å². The van der Waals surface area contributed by atoms with Crippen molar-refractivity contribution in [1.29, 1.82) is 5.26 Å². The van der Waals surface area contributed by atoms with E-state index in [1.165, 1.54) is 12.1 Å². The third-order valence-electron chi connectivity index (χ3n) is 2.85. The van der Waals surface area contributed by atoms with Crippen molar-refractivity contribution >= 4 is 11.5 Å². The lowest BCUT2D eigenvalue weighted by molar-refractivity contribution is 0.627. The van der Waals surface area contributed by atoms with Crippen LogP contribution in [0.2, 0.25) is 0 Å². The Morgan fingerprint density at radius 2 is 1.89 bits per heavy atom. The predicted octanol–water partition coefficient (Wildman–Crippen LogP) is 3.56. The van der Waals surface area contributed by atoms with Gasteiger partial charge in [-0.25, -0.2) is 9.37 Å². The first-order valence-electron chi connectivity index (χ1n) is 6.06. The standard InChI is InChI=1S/C15H14FN3/c1-3-19(14-8-6-13(16)7-9-14)15-12(10-17)5-4-11(2)18-15/h4-9H,3H2,1-2H3. The summed E-state index contributed by atoms with van der Waals surface area (Å²) < 4.78 is 13.0. The van der Waals surface area contributed by atoms with Crippen LogP contribution in [0.1, 0.15) is 18.2 Å². The van der Waals surface area contributed by atoms with Crippen LogP contribution < -0.4 is 4.90 Å². The lowest BCUT2D eigenvalue weighted by Crippen LogP contribution is -2.19. The molecule has 1 aromatic carbocycles. The van der Waals surface area contributed by atoms with Crippen molar-refractivity contribution in [2.75, 3.05) is 11.4 Å². The second kappa shape index (κ2) is 5.49. The molecule has 2 rings (SSSR count). The maximum absolute atomic E-state index is 13.0. The van der Waals surface area contributed by atoms with E-state index in [0.717, 1.165) is 11.4 Å². The highest BCUT2D eigenvalue weighted by molar-refractivity contribution is 5.65. The van der Waals surface area contributed by atoms with E-state index in [-0.39, 0.29) is 5.82 Å². The summed E-state index contributed by atoms with van der Waals surface area (Å²) in [6, 6.07) is 11.9. The van der Waals surface area contributed by atoms with Gasteiger partial charge in [-0.05, 0) is 50.2 Å². The summed E-state index contributed by atoms with van der Waals surface area (Å²) in [7, 11) is 0. The van der Waals surface area contributed by atoms with Crippen molar-refractivity contribution < 1.29 is 4.39 Å². The molecule has 0 bridgehead atoms. The Morgan fingerprint density at radius 3 is 2.47 bits per heavy atom. The van der Waals surface area contributed by atoms with Crippen LogP contribution >= 0.6 is 0 Å². The molecule has 0 N–H and O–H groups in total. The molecule has 0 aliphatic rings. The number of aryl methyl sites for hydroxylation is 1. The van der Waals surface area contributed by atoms with E-state index < -0.39 is 0 Å². The summed E-state index contributed by atoms with van der Waals surface area (Å²) in [5.41, 5.74) is 2.17. The van der Waals surface area contributed by atoms with Crippen molar-refractivity contribution in [1.82, 2.24) is 4.98 Å². The van der Waals surface area contributed by atoms with E-state index in [1.807, 2.05) is 18.7 Å². The lowest BCUT2D eigenvalue weighted by atomic mass is 10.2. The molecule has 0 fully saturated rings. The molecule has 4 heteroatoms. The van der Waals surface area contributed by atoms with Gasteiger partial charge in [0.15, 0.2) is 5.82 Å². The molecule has 0 atom stereocenters. The van der Waals surface area contributed by atoms with Crippen LogP contribution in [0.25, 0.3) is 0 Å². The summed E-state index contributed by atoms with van der Waals surface area (Å²) >= 11 is 0. The second-order valence-electron chi connectivity index (χ2n) is 4.16. The van der Waals surface area contributed by atoms with Gasteiger partial charge in [0.1, 0.15) is 11.9 Å². The summed E-state index contributed by atoms with van der Waals surface area (Å²) in [6.45, 7) is 4.49. The van der Waals surface area contributed by atoms with Gasteiger partial charge < -0.3 is 4.90 Å².